The average molecular weight is 268 g/mol. The van der Waals surface area contributed by atoms with Gasteiger partial charge in [-0.3, -0.25) is 4.79 Å². The van der Waals surface area contributed by atoms with E-state index < -0.39 is 11.4 Å². The first-order valence-electron chi connectivity index (χ1n) is 7.66. The summed E-state index contributed by atoms with van der Waals surface area (Å²) in [7, 11) is 4.24. The van der Waals surface area contributed by atoms with Crippen molar-refractivity contribution in [3.05, 3.63) is 0 Å². The molecule has 4 nitrogen and oxygen atoms in total. The van der Waals surface area contributed by atoms with E-state index in [1.54, 1.807) is 0 Å². The molecule has 1 aliphatic heterocycles. The van der Waals surface area contributed by atoms with Crippen LogP contribution in [0.3, 0.4) is 0 Å². The Labute approximate surface area is 116 Å². The molecule has 1 saturated heterocycles. The lowest BCUT2D eigenvalue weighted by Crippen LogP contribution is -2.43. The van der Waals surface area contributed by atoms with Gasteiger partial charge in [-0.25, -0.2) is 0 Å². The van der Waals surface area contributed by atoms with Gasteiger partial charge in [-0.05, 0) is 39.9 Å². The molecule has 0 spiro atoms. The number of hydrogen-bond acceptors (Lipinski definition) is 3. The summed E-state index contributed by atoms with van der Waals surface area (Å²) in [4.78, 5) is 16.4. The molecule has 2 fully saturated rings. The van der Waals surface area contributed by atoms with Crippen molar-refractivity contribution in [1.82, 2.24) is 9.80 Å². The van der Waals surface area contributed by atoms with Crippen LogP contribution >= 0.6 is 0 Å². The largest absolute Gasteiger partial charge is 0.481 e. The monoisotopic (exact) mass is 268 g/mol. The van der Waals surface area contributed by atoms with E-state index in [9.17, 15) is 9.90 Å². The van der Waals surface area contributed by atoms with Crippen molar-refractivity contribution in [3.8, 4) is 0 Å². The smallest absolute Gasteiger partial charge is 0.310 e. The summed E-state index contributed by atoms with van der Waals surface area (Å²) in [6.07, 6.45) is 7.47. The fourth-order valence-corrected chi connectivity index (χ4v) is 3.65. The molecular formula is C15H28N2O2. The lowest BCUT2D eigenvalue weighted by atomic mass is 9.80. The topological polar surface area (TPSA) is 43.8 Å². The Balaban J connectivity index is 1.99. The molecule has 2 aliphatic rings. The van der Waals surface area contributed by atoms with Gasteiger partial charge >= 0.3 is 5.97 Å². The number of carbonyl (C=O) groups is 1. The number of hydrogen-bond donors (Lipinski definition) is 1. The molecule has 4 heteroatoms. The van der Waals surface area contributed by atoms with Gasteiger partial charge < -0.3 is 14.9 Å². The second-order valence-electron chi connectivity index (χ2n) is 6.64. The van der Waals surface area contributed by atoms with Gasteiger partial charge in [0.2, 0.25) is 0 Å². The van der Waals surface area contributed by atoms with Gasteiger partial charge in [-0.1, -0.05) is 25.7 Å². The maximum Gasteiger partial charge on any atom is 0.310 e. The zero-order valence-electron chi connectivity index (χ0n) is 12.4. The first kappa shape index (κ1) is 14.8. The zero-order valence-corrected chi connectivity index (χ0v) is 12.4. The fraction of sp³-hybridized carbons (Fsp3) is 0.933. The Hall–Kier alpha value is -0.610. The molecule has 1 saturated carbocycles. The lowest BCUT2D eigenvalue weighted by Gasteiger charge is -2.33. The molecule has 0 amide bonds. The van der Waals surface area contributed by atoms with Crippen molar-refractivity contribution in [1.29, 1.82) is 0 Å². The van der Waals surface area contributed by atoms with Crippen LogP contribution < -0.4 is 0 Å². The van der Waals surface area contributed by atoms with Crippen LogP contribution in [0.2, 0.25) is 0 Å². The van der Waals surface area contributed by atoms with Gasteiger partial charge in [0.05, 0.1) is 5.41 Å². The summed E-state index contributed by atoms with van der Waals surface area (Å²) < 4.78 is 0. The van der Waals surface area contributed by atoms with Crippen molar-refractivity contribution in [2.75, 3.05) is 33.7 Å². The molecule has 1 heterocycles. The Morgan fingerprint density at radius 2 is 1.89 bits per heavy atom. The molecule has 1 aliphatic carbocycles. The van der Waals surface area contributed by atoms with Crippen molar-refractivity contribution in [2.45, 2.75) is 51.0 Å². The van der Waals surface area contributed by atoms with Gasteiger partial charge in [-0.15, -0.1) is 0 Å². The molecule has 0 bridgehead atoms. The number of likely N-dealkylation sites (tertiary alicyclic amines) is 1. The zero-order chi connectivity index (χ0) is 13.9. The van der Waals surface area contributed by atoms with E-state index in [-0.39, 0.29) is 0 Å². The van der Waals surface area contributed by atoms with E-state index in [0.717, 1.165) is 45.3 Å². The van der Waals surface area contributed by atoms with E-state index >= 15 is 0 Å². The second-order valence-corrected chi connectivity index (χ2v) is 6.64. The van der Waals surface area contributed by atoms with Gasteiger partial charge in [0.15, 0.2) is 0 Å². The van der Waals surface area contributed by atoms with Crippen LogP contribution in [0, 0.1) is 5.41 Å². The average Bonchev–Trinajstić information content (AvgIpc) is 2.68. The van der Waals surface area contributed by atoms with Gasteiger partial charge in [0, 0.05) is 19.1 Å². The van der Waals surface area contributed by atoms with Crippen LogP contribution in [0.4, 0.5) is 0 Å². The van der Waals surface area contributed by atoms with E-state index in [4.69, 9.17) is 0 Å². The molecule has 0 aromatic heterocycles. The van der Waals surface area contributed by atoms with E-state index in [0.29, 0.717) is 6.04 Å². The minimum atomic E-state index is -0.567. The lowest BCUT2D eigenvalue weighted by molar-refractivity contribution is -0.151. The van der Waals surface area contributed by atoms with Crippen LogP contribution in [0.25, 0.3) is 0 Å². The Morgan fingerprint density at radius 1 is 1.26 bits per heavy atom. The van der Waals surface area contributed by atoms with Crippen LogP contribution in [0.15, 0.2) is 0 Å². The van der Waals surface area contributed by atoms with Crippen molar-refractivity contribution in [2.24, 2.45) is 5.41 Å². The third kappa shape index (κ3) is 3.48. The third-order valence-electron chi connectivity index (χ3n) is 5.02. The number of rotatable bonds is 4. The second kappa shape index (κ2) is 6.23. The minimum absolute atomic E-state index is 0.475. The summed E-state index contributed by atoms with van der Waals surface area (Å²) in [5, 5.41) is 9.71. The van der Waals surface area contributed by atoms with Crippen molar-refractivity contribution in [3.63, 3.8) is 0 Å². The fourth-order valence-electron chi connectivity index (χ4n) is 3.65. The van der Waals surface area contributed by atoms with E-state index in [1.807, 2.05) is 0 Å². The first-order valence-corrected chi connectivity index (χ1v) is 7.66. The number of carboxylic acids is 1. The molecule has 0 aromatic carbocycles. The maximum atomic E-state index is 11.8. The van der Waals surface area contributed by atoms with Gasteiger partial charge in [-0.2, -0.15) is 0 Å². The number of aliphatic carboxylic acids is 1. The van der Waals surface area contributed by atoms with E-state index in [1.165, 1.54) is 19.3 Å². The molecular weight excluding hydrogens is 240 g/mol. The maximum absolute atomic E-state index is 11.8. The normalized spacial score (nSPS) is 28.5. The molecule has 1 N–H and O–H groups in total. The minimum Gasteiger partial charge on any atom is -0.481 e. The quantitative estimate of drug-likeness (QED) is 0.793. The number of likely N-dealkylation sites (N-methyl/N-ethyl adjacent to an activating group) is 1. The number of nitrogens with zero attached hydrogens (tertiary/aromatic N) is 2. The predicted molar refractivity (Wildman–Crippen MR) is 76.3 cm³/mol. The van der Waals surface area contributed by atoms with Crippen LogP contribution in [0.1, 0.15) is 44.9 Å². The summed E-state index contributed by atoms with van der Waals surface area (Å²) >= 11 is 0. The molecule has 0 aromatic rings. The number of carboxylic acid groups (broad SMARTS) is 1. The first-order chi connectivity index (χ1) is 9.03. The highest BCUT2D eigenvalue weighted by Crippen LogP contribution is 2.37. The van der Waals surface area contributed by atoms with Crippen LogP contribution in [-0.4, -0.2) is 60.6 Å². The van der Waals surface area contributed by atoms with Gasteiger partial charge in [0.1, 0.15) is 0 Å². The Kier molecular flexibility index (Phi) is 4.85. The highest BCUT2D eigenvalue weighted by Gasteiger charge is 2.41. The summed E-state index contributed by atoms with van der Waals surface area (Å²) in [6.45, 7) is 2.84. The van der Waals surface area contributed by atoms with Crippen molar-refractivity contribution >= 4 is 5.97 Å². The molecule has 110 valence electrons. The predicted octanol–water partition coefficient (Wildman–Crippen LogP) is 2.05. The summed E-state index contributed by atoms with van der Waals surface area (Å²) in [5.74, 6) is -0.567. The van der Waals surface area contributed by atoms with Gasteiger partial charge in [0.25, 0.3) is 0 Å². The van der Waals surface area contributed by atoms with Crippen molar-refractivity contribution < 1.29 is 9.90 Å². The molecule has 2 rings (SSSR count). The molecule has 0 radical (unpaired) electrons. The highest BCUT2D eigenvalue weighted by molar-refractivity contribution is 5.75. The molecule has 19 heavy (non-hydrogen) atoms. The van der Waals surface area contributed by atoms with Crippen LogP contribution in [0.5, 0.6) is 0 Å². The van der Waals surface area contributed by atoms with Crippen LogP contribution in [-0.2, 0) is 4.79 Å². The Bertz CT molecular complexity index is 309. The summed E-state index contributed by atoms with van der Waals surface area (Å²) in [6, 6.07) is 0.594. The Morgan fingerprint density at radius 3 is 2.37 bits per heavy atom. The third-order valence-corrected chi connectivity index (χ3v) is 5.02. The molecule has 1 atom stereocenters. The van der Waals surface area contributed by atoms with E-state index in [2.05, 4.69) is 23.9 Å². The standard InChI is InChI=1S/C15H28N2O2/c1-16(2)13-7-10-17(11-13)12-15(14(18)19)8-5-3-4-6-9-15/h13H,3-12H2,1-2H3,(H,18,19). The highest BCUT2D eigenvalue weighted by atomic mass is 16.4. The SMILES string of the molecule is CN(C)C1CCN(CC2(C(=O)O)CCCCCC2)C1. The summed E-state index contributed by atoms with van der Waals surface area (Å²) in [5.41, 5.74) is -0.475. The molecule has 1 unspecified atom stereocenters.